The second-order valence-electron chi connectivity index (χ2n) is 5.97. The van der Waals surface area contributed by atoms with E-state index in [-0.39, 0.29) is 23.7 Å². The molecule has 2 N–H and O–H groups in total. The number of hydrogen-bond acceptors (Lipinski definition) is 4. The minimum absolute atomic E-state index is 0.0373. The van der Waals surface area contributed by atoms with E-state index in [9.17, 15) is 14.4 Å². The Morgan fingerprint density at radius 1 is 1.20 bits per heavy atom. The lowest BCUT2D eigenvalue weighted by molar-refractivity contribution is -0.120. The molecule has 6 nitrogen and oxygen atoms in total. The highest BCUT2D eigenvalue weighted by Gasteiger charge is 2.24. The minimum Gasteiger partial charge on any atom is -0.465 e. The summed E-state index contributed by atoms with van der Waals surface area (Å²) >= 11 is 0. The maximum absolute atomic E-state index is 12.3. The molecule has 0 saturated heterocycles. The van der Waals surface area contributed by atoms with Crippen molar-refractivity contribution in [3.05, 3.63) is 57.9 Å². The maximum atomic E-state index is 12.3. The van der Waals surface area contributed by atoms with Gasteiger partial charge >= 0.3 is 5.97 Å². The van der Waals surface area contributed by atoms with Gasteiger partial charge in [-0.15, -0.1) is 0 Å². The summed E-state index contributed by atoms with van der Waals surface area (Å²) in [6.07, 6.45) is -0.0373. The molecule has 0 radical (unpaired) electrons. The molecular formula is C19H22N2O4. The summed E-state index contributed by atoms with van der Waals surface area (Å²) < 4.78 is 4.77. The summed E-state index contributed by atoms with van der Waals surface area (Å²) in [5.41, 5.74) is 3.57. The standard InChI is InChI=1S/C19H22N2O4/c1-11-6-5-7-14(8-11)10-20-16(23)9-15-17(19(24)25-4)12(2)18(21-15)13(3)22/h5-8,21H,9-10H2,1-4H3,(H,20,23). The fourth-order valence-corrected chi connectivity index (χ4v) is 2.77. The summed E-state index contributed by atoms with van der Waals surface area (Å²) in [4.78, 5) is 38.8. The number of ketones is 1. The molecule has 2 aromatic rings. The summed E-state index contributed by atoms with van der Waals surface area (Å²) in [7, 11) is 1.27. The van der Waals surface area contributed by atoms with Crippen molar-refractivity contribution < 1.29 is 19.1 Å². The molecule has 1 aromatic carbocycles. The lowest BCUT2D eigenvalue weighted by Crippen LogP contribution is -2.25. The van der Waals surface area contributed by atoms with Crippen LogP contribution >= 0.6 is 0 Å². The number of aryl methyl sites for hydroxylation is 1. The van der Waals surface area contributed by atoms with Crippen molar-refractivity contribution in [3.63, 3.8) is 0 Å². The van der Waals surface area contributed by atoms with Crippen LogP contribution in [0.1, 0.15) is 50.2 Å². The molecule has 0 aliphatic carbocycles. The predicted molar refractivity (Wildman–Crippen MR) is 93.6 cm³/mol. The van der Waals surface area contributed by atoms with Gasteiger partial charge in [-0.3, -0.25) is 9.59 Å². The van der Waals surface area contributed by atoms with E-state index in [0.29, 0.717) is 23.5 Å². The van der Waals surface area contributed by atoms with Crippen molar-refractivity contribution in [3.8, 4) is 0 Å². The predicted octanol–water partition coefficient (Wildman–Crippen LogP) is 2.48. The fourth-order valence-electron chi connectivity index (χ4n) is 2.77. The van der Waals surface area contributed by atoms with Crippen LogP contribution in [-0.4, -0.2) is 29.8 Å². The molecule has 1 amide bonds. The molecular weight excluding hydrogens is 320 g/mol. The highest BCUT2D eigenvalue weighted by Crippen LogP contribution is 2.20. The Kier molecular flexibility index (Phi) is 5.75. The van der Waals surface area contributed by atoms with Gasteiger partial charge in [0.05, 0.1) is 24.8 Å². The van der Waals surface area contributed by atoms with Crippen LogP contribution in [0.3, 0.4) is 0 Å². The van der Waals surface area contributed by atoms with Crippen molar-refractivity contribution in [2.45, 2.75) is 33.7 Å². The topological polar surface area (TPSA) is 88.3 Å². The van der Waals surface area contributed by atoms with Crippen LogP contribution in [0.5, 0.6) is 0 Å². The van der Waals surface area contributed by atoms with Gasteiger partial charge in [-0.2, -0.15) is 0 Å². The third-order valence-corrected chi connectivity index (χ3v) is 3.98. The molecule has 0 spiro atoms. The smallest absolute Gasteiger partial charge is 0.339 e. The van der Waals surface area contributed by atoms with Crippen molar-refractivity contribution in [2.24, 2.45) is 0 Å². The van der Waals surface area contributed by atoms with Gasteiger partial charge < -0.3 is 15.0 Å². The lowest BCUT2D eigenvalue weighted by atomic mass is 10.1. The van der Waals surface area contributed by atoms with Crippen molar-refractivity contribution in [1.29, 1.82) is 0 Å². The second kappa shape index (κ2) is 7.79. The maximum Gasteiger partial charge on any atom is 0.339 e. The largest absolute Gasteiger partial charge is 0.465 e. The molecule has 0 aliphatic heterocycles. The Morgan fingerprint density at radius 2 is 1.92 bits per heavy atom. The zero-order chi connectivity index (χ0) is 18.6. The van der Waals surface area contributed by atoms with E-state index in [0.717, 1.165) is 11.1 Å². The molecule has 1 heterocycles. The number of amides is 1. The van der Waals surface area contributed by atoms with E-state index in [1.165, 1.54) is 14.0 Å². The number of Topliss-reactive ketones (excluding diaryl/α,β-unsaturated/α-hetero) is 1. The lowest BCUT2D eigenvalue weighted by Gasteiger charge is -2.07. The zero-order valence-electron chi connectivity index (χ0n) is 14.9. The molecule has 0 atom stereocenters. The monoisotopic (exact) mass is 342 g/mol. The number of carbonyl (C=O) groups is 3. The van der Waals surface area contributed by atoms with Crippen LogP contribution in [0.2, 0.25) is 0 Å². The highest BCUT2D eigenvalue weighted by molar-refractivity contribution is 6.01. The van der Waals surface area contributed by atoms with Gasteiger partial charge in [0.25, 0.3) is 0 Å². The van der Waals surface area contributed by atoms with E-state index in [2.05, 4.69) is 10.3 Å². The van der Waals surface area contributed by atoms with Crippen molar-refractivity contribution >= 4 is 17.7 Å². The van der Waals surface area contributed by atoms with Gasteiger partial charge in [-0.1, -0.05) is 29.8 Å². The number of hydrogen-bond donors (Lipinski definition) is 2. The first-order chi connectivity index (χ1) is 11.8. The molecule has 2 rings (SSSR count). The summed E-state index contributed by atoms with van der Waals surface area (Å²) in [6, 6.07) is 7.84. The van der Waals surface area contributed by atoms with Crippen LogP contribution in [0, 0.1) is 13.8 Å². The second-order valence-corrected chi connectivity index (χ2v) is 5.97. The number of methoxy groups -OCH3 is 1. The molecule has 132 valence electrons. The minimum atomic E-state index is -0.567. The first kappa shape index (κ1) is 18.4. The van der Waals surface area contributed by atoms with Gasteiger partial charge in [0.1, 0.15) is 0 Å². The van der Waals surface area contributed by atoms with Crippen LogP contribution in [0.25, 0.3) is 0 Å². The zero-order valence-corrected chi connectivity index (χ0v) is 14.9. The number of benzene rings is 1. The highest BCUT2D eigenvalue weighted by atomic mass is 16.5. The number of aromatic amines is 1. The van der Waals surface area contributed by atoms with Crippen LogP contribution in [-0.2, 0) is 22.5 Å². The van der Waals surface area contributed by atoms with E-state index in [1.807, 2.05) is 31.2 Å². The molecule has 1 aromatic heterocycles. The molecule has 0 fully saturated rings. The normalized spacial score (nSPS) is 10.4. The van der Waals surface area contributed by atoms with E-state index in [1.54, 1.807) is 6.92 Å². The van der Waals surface area contributed by atoms with E-state index < -0.39 is 5.97 Å². The van der Waals surface area contributed by atoms with Gasteiger partial charge in [-0.25, -0.2) is 4.79 Å². The van der Waals surface area contributed by atoms with E-state index >= 15 is 0 Å². The number of carbonyl (C=O) groups excluding carboxylic acids is 3. The summed E-state index contributed by atoms with van der Waals surface area (Å²) in [5.74, 6) is -1.01. The van der Waals surface area contributed by atoms with Crippen LogP contribution in [0.4, 0.5) is 0 Å². The Balaban J connectivity index is 2.15. The molecule has 0 bridgehead atoms. The molecule has 0 saturated carbocycles. The number of rotatable bonds is 6. The Labute approximate surface area is 146 Å². The van der Waals surface area contributed by atoms with Crippen molar-refractivity contribution in [2.75, 3.05) is 7.11 Å². The summed E-state index contributed by atoms with van der Waals surface area (Å²) in [6.45, 7) is 5.45. The van der Waals surface area contributed by atoms with Gasteiger partial charge in [0.15, 0.2) is 5.78 Å². The Hall–Kier alpha value is -2.89. The number of esters is 1. The number of H-pyrrole nitrogens is 1. The SMILES string of the molecule is COC(=O)c1c(CC(=O)NCc2cccc(C)c2)[nH]c(C(C)=O)c1C. The van der Waals surface area contributed by atoms with Gasteiger partial charge in [-0.05, 0) is 25.0 Å². The fraction of sp³-hybridized carbons (Fsp3) is 0.316. The third-order valence-electron chi connectivity index (χ3n) is 3.98. The Bertz CT molecular complexity index is 821. The molecule has 25 heavy (non-hydrogen) atoms. The quantitative estimate of drug-likeness (QED) is 0.623. The Morgan fingerprint density at radius 3 is 2.52 bits per heavy atom. The first-order valence-corrected chi connectivity index (χ1v) is 7.96. The average molecular weight is 342 g/mol. The van der Waals surface area contributed by atoms with Gasteiger partial charge in [0.2, 0.25) is 5.91 Å². The first-order valence-electron chi connectivity index (χ1n) is 7.96. The van der Waals surface area contributed by atoms with Crippen molar-refractivity contribution in [1.82, 2.24) is 10.3 Å². The number of aromatic nitrogens is 1. The number of nitrogens with one attached hydrogen (secondary N) is 2. The van der Waals surface area contributed by atoms with E-state index in [4.69, 9.17) is 4.74 Å². The molecule has 6 heteroatoms. The van der Waals surface area contributed by atoms with Crippen LogP contribution < -0.4 is 5.32 Å². The third kappa shape index (κ3) is 4.35. The number of ether oxygens (including phenoxy) is 1. The van der Waals surface area contributed by atoms with Gasteiger partial charge in [0, 0.05) is 19.2 Å². The average Bonchev–Trinajstić information content (AvgIpc) is 2.89. The van der Waals surface area contributed by atoms with Crippen LogP contribution in [0.15, 0.2) is 24.3 Å². The summed E-state index contributed by atoms with van der Waals surface area (Å²) in [5, 5.41) is 2.82. The molecule has 0 aliphatic rings. The molecule has 0 unspecified atom stereocenters.